The molecule has 0 spiro atoms. The first-order valence-electron chi connectivity index (χ1n) is 6.78. The summed E-state index contributed by atoms with van der Waals surface area (Å²) >= 11 is 3.32. The summed E-state index contributed by atoms with van der Waals surface area (Å²) in [5, 5.41) is 1.97. The maximum absolute atomic E-state index is 12.7. The molecule has 1 aromatic heterocycles. The van der Waals surface area contributed by atoms with Gasteiger partial charge in [-0.15, -0.1) is 0 Å². The minimum absolute atomic E-state index is 0.181. The number of halogens is 1. The van der Waals surface area contributed by atoms with Gasteiger partial charge in [0.25, 0.3) is 5.56 Å². The van der Waals surface area contributed by atoms with Crippen LogP contribution in [0.25, 0.3) is 16.5 Å². The van der Waals surface area contributed by atoms with E-state index < -0.39 is 0 Å². The quantitative estimate of drug-likeness (QED) is 0.760. The van der Waals surface area contributed by atoms with Crippen LogP contribution in [0.5, 0.6) is 5.75 Å². The number of fused-ring (bicyclic) bond motifs is 1. The standard InChI is InChI=1S/C17H15BrN2O2/c1-10-9-13(18)15(19)17(21)20(10)16-12-6-4-3-5-11(12)7-8-14(16)22-2/h3-9H,19H2,1-2H3. The Balaban J connectivity index is 2.50. The first-order valence-corrected chi connectivity index (χ1v) is 7.57. The van der Waals surface area contributed by atoms with Crippen LogP contribution < -0.4 is 16.0 Å². The van der Waals surface area contributed by atoms with Gasteiger partial charge < -0.3 is 10.5 Å². The van der Waals surface area contributed by atoms with Gasteiger partial charge in [-0.2, -0.15) is 0 Å². The molecular formula is C17H15BrN2O2. The molecule has 0 unspecified atom stereocenters. The van der Waals surface area contributed by atoms with Crippen LogP contribution in [0.3, 0.4) is 0 Å². The van der Waals surface area contributed by atoms with Crippen molar-refractivity contribution in [1.29, 1.82) is 0 Å². The number of nitrogens with two attached hydrogens (primary N) is 1. The van der Waals surface area contributed by atoms with Crippen LogP contribution in [0.15, 0.2) is 51.7 Å². The molecule has 1 heterocycles. The third-order valence-electron chi connectivity index (χ3n) is 3.69. The molecule has 112 valence electrons. The summed E-state index contributed by atoms with van der Waals surface area (Å²) in [7, 11) is 1.59. The largest absolute Gasteiger partial charge is 0.495 e. The Kier molecular flexibility index (Phi) is 3.66. The van der Waals surface area contributed by atoms with Crippen molar-refractivity contribution in [2.45, 2.75) is 6.92 Å². The van der Waals surface area contributed by atoms with Gasteiger partial charge >= 0.3 is 0 Å². The highest BCUT2D eigenvalue weighted by Gasteiger charge is 2.16. The summed E-state index contributed by atoms with van der Waals surface area (Å²) in [6.07, 6.45) is 0. The molecular weight excluding hydrogens is 344 g/mol. The normalized spacial score (nSPS) is 10.9. The second kappa shape index (κ2) is 5.50. The van der Waals surface area contributed by atoms with Gasteiger partial charge in [0.15, 0.2) is 0 Å². The molecule has 3 rings (SSSR count). The van der Waals surface area contributed by atoms with Crippen LogP contribution in [-0.2, 0) is 0 Å². The van der Waals surface area contributed by atoms with Crippen molar-refractivity contribution in [1.82, 2.24) is 4.57 Å². The third-order valence-corrected chi connectivity index (χ3v) is 4.34. The van der Waals surface area contributed by atoms with Crippen LogP contribution in [0, 0.1) is 6.92 Å². The fourth-order valence-corrected chi connectivity index (χ4v) is 3.12. The topological polar surface area (TPSA) is 57.2 Å². The Morgan fingerprint density at radius 2 is 1.91 bits per heavy atom. The Bertz CT molecular complexity index is 932. The van der Waals surface area contributed by atoms with E-state index in [1.54, 1.807) is 11.7 Å². The predicted molar refractivity (Wildman–Crippen MR) is 92.9 cm³/mol. The number of ether oxygens (including phenoxy) is 1. The second-order valence-electron chi connectivity index (χ2n) is 5.03. The molecule has 22 heavy (non-hydrogen) atoms. The lowest BCUT2D eigenvalue weighted by atomic mass is 10.1. The lowest BCUT2D eigenvalue weighted by molar-refractivity contribution is 0.413. The molecule has 0 amide bonds. The molecule has 0 saturated heterocycles. The van der Waals surface area contributed by atoms with Crippen LogP contribution in [0.2, 0.25) is 0 Å². The van der Waals surface area contributed by atoms with E-state index in [4.69, 9.17) is 10.5 Å². The third kappa shape index (κ3) is 2.18. The van der Waals surface area contributed by atoms with Crippen molar-refractivity contribution in [2.24, 2.45) is 0 Å². The first kappa shape index (κ1) is 14.7. The highest BCUT2D eigenvalue weighted by molar-refractivity contribution is 9.10. The van der Waals surface area contributed by atoms with Crippen LogP contribution in [-0.4, -0.2) is 11.7 Å². The van der Waals surface area contributed by atoms with Gasteiger partial charge in [-0.05, 0) is 40.4 Å². The molecule has 2 N–H and O–H groups in total. The van der Waals surface area contributed by atoms with Crippen molar-refractivity contribution in [2.75, 3.05) is 12.8 Å². The van der Waals surface area contributed by atoms with Crippen molar-refractivity contribution >= 4 is 32.4 Å². The molecule has 0 atom stereocenters. The van der Waals surface area contributed by atoms with Gasteiger partial charge in [0.1, 0.15) is 11.4 Å². The monoisotopic (exact) mass is 358 g/mol. The van der Waals surface area contributed by atoms with E-state index in [9.17, 15) is 4.79 Å². The highest BCUT2D eigenvalue weighted by atomic mass is 79.9. The number of anilines is 1. The number of pyridine rings is 1. The summed E-state index contributed by atoms with van der Waals surface area (Å²) in [6.45, 7) is 1.87. The smallest absolute Gasteiger partial charge is 0.279 e. The van der Waals surface area contributed by atoms with E-state index in [1.807, 2.05) is 49.4 Å². The van der Waals surface area contributed by atoms with Crippen molar-refractivity contribution in [3.05, 3.63) is 63.0 Å². The number of hydrogen-bond acceptors (Lipinski definition) is 3. The lowest BCUT2D eigenvalue weighted by Gasteiger charge is -2.17. The fraction of sp³-hybridized carbons (Fsp3) is 0.118. The lowest BCUT2D eigenvalue weighted by Crippen LogP contribution is -2.24. The van der Waals surface area contributed by atoms with Gasteiger partial charge in [0.05, 0.1) is 12.8 Å². The van der Waals surface area contributed by atoms with E-state index >= 15 is 0 Å². The summed E-state index contributed by atoms with van der Waals surface area (Å²) < 4.78 is 7.68. The maximum Gasteiger partial charge on any atom is 0.279 e. The molecule has 0 aliphatic heterocycles. The summed E-state index contributed by atoms with van der Waals surface area (Å²) in [6, 6.07) is 13.5. The maximum atomic E-state index is 12.7. The number of benzene rings is 2. The fourth-order valence-electron chi connectivity index (χ4n) is 2.62. The number of rotatable bonds is 2. The molecule has 5 heteroatoms. The number of nitrogen functional groups attached to an aromatic ring is 1. The summed E-state index contributed by atoms with van der Waals surface area (Å²) in [5.41, 5.74) is 7.31. The first-order chi connectivity index (χ1) is 10.5. The predicted octanol–water partition coefficient (Wildman–Crippen LogP) is 3.65. The zero-order valence-electron chi connectivity index (χ0n) is 12.3. The number of aromatic nitrogens is 1. The highest BCUT2D eigenvalue weighted by Crippen LogP contribution is 2.32. The van der Waals surface area contributed by atoms with Gasteiger partial charge in [-0.25, -0.2) is 0 Å². The van der Waals surface area contributed by atoms with E-state index in [0.717, 1.165) is 16.5 Å². The number of nitrogens with zero attached hydrogens (tertiary/aromatic N) is 1. The van der Waals surface area contributed by atoms with Crippen molar-refractivity contribution < 1.29 is 4.74 Å². The van der Waals surface area contributed by atoms with Crippen LogP contribution >= 0.6 is 15.9 Å². The van der Waals surface area contributed by atoms with E-state index in [0.29, 0.717) is 15.9 Å². The Hall–Kier alpha value is -2.27. The Morgan fingerprint density at radius 1 is 1.18 bits per heavy atom. The minimum atomic E-state index is -0.262. The molecule has 0 aliphatic rings. The Labute approximate surface area is 136 Å². The average Bonchev–Trinajstić information content (AvgIpc) is 2.53. The molecule has 0 fully saturated rings. The molecule has 3 aromatic rings. The average molecular weight is 359 g/mol. The van der Waals surface area contributed by atoms with Crippen molar-refractivity contribution in [3.8, 4) is 11.4 Å². The number of hydrogen-bond donors (Lipinski definition) is 1. The second-order valence-corrected chi connectivity index (χ2v) is 5.88. The van der Waals surface area contributed by atoms with E-state index in [1.165, 1.54) is 0 Å². The number of methoxy groups -OCH3 is 1. The number of aryl methyl sites for hydroxylation is 1. The zero-order chi connectivity index (χ0) is 15.9. The van der Waals surface area contributed by atoms with Crippen molar-refractivity contribution in [3.63, 3.8) is 0 Å². The molecule has 2 aromatic carbocycles. The molecule has 0 aliphatic carbocycles. The Morgan fingerprint density at radius 3 is 2.64 bits per heavy atom. The minimum Gasteiger partial charge on any atom is -0.495 e. The van der Waals surface area contributed by atoms with Gasteiger partial charge in [0.2, 0.25) is 0 Å². The van der Waals surface area contributed by atoms with Gasteiger partial charge in [-0.3, -0.25) is 9.36 Å². The zero-order valence-corrected chi connectivity index (χ0v) is 13.8. The molecule has 0 radical (unpaired) electrons. The van der Waals surface area contributed by atoms with Crippen LogP contribution in [0.4, 0.5) is 5.69 Å². The van der Waals surface area contributed by atoms with E-state index in [2.05, 4.69) is 15.9 Å². The summed E-state index contributed by atoms with van der Waals surface area (Å²) in [5.74, 6) is 0.630. The van der Waals surface area contributed by atoms with Crippen LogP contribution in [0.1, 0.15) is 5.69 Å². The SMILES string of the molecule is COc1ccc2ccccc2c1-n1c(C)cc(Br)c(N)c1=O. The van der Waals surface area contributed by atoms with Gasteiger partial charge in [0, 0.05) is 15.6 Å². The molecule has 4 nitrogen and oxygen atoms in total. The summed E-state index contributed by atoms with van der Waals surface area (Å²) in [4.78, 5) is 12.7. The molecule has 0 saturated carbocycles. The van der Waals surface area contributed by atoms with Gasteiger partial charge in [-0.1, -0.05) is 30.3 Å². The molecule has 0 bridgehead atoms. The van der Waals surface area contributed by atoms with E-state index in [-0.39, 0.29) is 11.2 Å².